The van der Waals surface area contributed by atoms with Crippen molar-refractivity contribution in [3.8, 4) is 0 Å². The van der Waals surface area contributed by atoms with E-state index in [1.54, 1.807) is 6.07 Å². The maximum absolute atomic E-state index is 11.3. The number of rotatable bonds is 6. The van der Waals surface area contributed by atoms with Gasteiger partial charge in [0.05, 0.1) is 12.2 Å². The number of aliphatic hydroxyl groups excluding tert-OH is 1. The molecule has 3 atom stereocenters. The fourth-order valence-electron chi connectivity index (χ4n) is 3.67. The number of hydrogen-bond acceptors (Lipinski definition) is 2. The van der Waals surface area contributed by atoms with Gasteiger partial charge in [0.25, 0.3) is 0 Å². The van der Waals surface area contributed by atoms with Crippen molar-refractivity contribution >= 4 is 5.97 Å². The summed E-state index contributed by atoms with van der Waals surface area (Å²) in [5.41, 5.74) is 3.97. The first kappa shape index (κ1) is 17.7. The molecule has 2 N–H and O–H groups in total. The Balaban J connectivity index is 2.19. The van der Waals surface area contributed by atoms with E-state index in [0.29, 0.717) is 23.3 Å². The highest BCUT2D eigenvalue weighted by Crippen LogP contribution is 2.43. The predicted molar refractivity (Wildman–Crippen MR) is 93.0 cm³/mol. The van der Waals surface area contributed by atoms with Crippen LogP contribution < -0.4 is 0 Å². The number of carbonyl (C=O) groups is 1. The van der Waals surface area contributed by atoms with Crippen molar-refractivity contribution < 1.29 is 15.0 Å². The molecule has 0 spiro atoms. The summed E-state index contributed by atoms with van der Waals surface area (Å²) in [6.07, 6.45) is 6.43. The van der Waals surface area contributed by atoms with Crippen molar-refractivity contribution in [3.05, 3.63) is 46.5 Å². The summed E-state index contributed by atoms with van der Waals surface area (Å²) in [4.78, 5) is 11.3. The number of fused-ring (bicyclic) bond motifs is 1. The topological polar surface area (TPSA) is 57.5 Å². The molecule has 0 amide bonds. The van der Waals surface area contributed by atoms with E-state index in [1.807, 2.05) is 19.1 Å². The van der Waals surface area contributed by atoms with E-state index in [2.05, 4.69) is 19.9 Å². The first-order valence-corrected chi connectivity index (χ1v) is 8.57. The largest absolute Gasteiger partial charge is 0.478 e. The lowest BCUT2D eigenvalue weighted by molar-refractivity contribution is 0.0696. The fraction of sp³-hybridized carbons (Fsp3) is 0.550. The molecule has 1 aliphatic rings. The number of benzene rings is 1. The van der Waals surface area contributed by atoms with Gasteiger partial charge in [-0.25, -0.2) is 4.79 Å². The van der Waals surface area contributed by atoms with Gasteiger partial charge in [-0.1, -0.05) is 31.6 Å². The van der Waals surface area contributed by atoms with Gasteiger partial charge < -0.3 is 10.2 Å². The van der Waals surface area contributed by atoms with Crippen LogP contribution in [0, 0.1) is 5.92 Å². The Morgan fingerprint density at radius 3 is 2.74 bits per heavy atom. The van der Waals surface area contributed by atoms with Gasteiger partial charge in [0.2, 0.25) is 0 Å². The molecular formula is C20H28O3. The van der Waals surface area contributed by atoms with Crippen molar-refractivity contribution in [1.82, 2.24) is 0 Å². The molecule has 3 nitrogen and oxygen atoms in total. The molecule has 0 heterocycles. The first-order chi connectivity index (χ1) is 10.9. The Kier molecular flexibility index (Phi) is 6.00. The summed E-state index contributed by atoms with van der Waals surface area (Å²) in [7, 11) is 0. The van der Waals surface area contributed by atoms with Crippen LogP contribution in [-0.4, -0.2) is 22.8 Å². The van der Waals surface area contributed by atoms with E-state index in [9.17, 15) is 9.90 Å². The minimum atomic E-state index is -0.848. The quantitative estimate of drug-likeness (QED) is 0.747. The van der Waals surface area contributed by atoms with Gasteiger partial charge in [-0.15, -0.1) is 0 Å². The molecule has 0 radical (unpaired) electrons. The molecule has 0 saturated carbocycles. The molecule has 3 heteroatoms. The second-order valence-corrected chi connectivity index (χ2v) is 7.00. The predicted octanol–water partition coefficient (Wildman–Crippen LogP) is 4.72. The third kappa shape index (κ3) is 4.23. The Morgan fingerprint density at radius 2 is 2.09 bits per heavy atom. The van der Waals surface area contributed by atoms with Crippen molar-refractivity contribution in [1.29, 1.82) is 0 Å². The Labute approximate surface area is 139 Å². The Hall–Kier alpha value is -1.61. The van der Waals surface area contributed by atoms with Crippen LogP contribution in [0.3, 0.4) is 0 Å². The monoisotopic (exact) mass is 316 g/mol. The van der Waals surface area contributed by atoms with Crippen LogP contribution in [-0.2, 0) is 0 Å². The van der Waals surface area contributed by atoms with Crippen LogP contribution in [0.1, 0.15) is 79.8 Å². The van der Waals surface area contributed by atoms with Crippen molar-refractivity contribution in [2.24, 2.45) is 5.92 Å². The fourth-order valence-corrected chi connectivity index (χ4v) is 3.67. The van der Waals surface area contributed by atoms with E-state index < -0.39 is 5.97 Å². The minimum absolute atomic E-state index is 0.125. The zero-order chi connectivity index (χ0) is 17.0. The van der Waals surface area contributed by atoms with E-state index in [-0.39, 0.29) is 6.61 Å². The normalized spacial score (nSPS) is 22.5. The molecule has 0 fully saturated rings. The van der Waals surface area contributed by atoms with Crippen LogP contribution >= 0.6 is 0 Å². The van der Waals surface area contributed by atoms with Gasteiger partial charge in [-0.3, -0.25) is 0 Å². The molecule has 0 aromatic heterocycles. The summed E-state index contributed by atoms with van der Waals surface area (Å²) in [6, 6.07) is 5.64. The number of aromatic carboxylic acids is 1. The summed E-state index contributed by atoms with van der Waals surface area (Å²) in [5, 5.41) is 18.3. The number of aliphatic hydroxyl groups is 1. The molecule has 23 heavy (non-hydrogen) atoms. The van der Waals surface area contributed by atoms with Crippen molar-refractivity contribution in [3.63, 3.8) is 0 Å². The van der Waals surface area contributed by atoms with E-state index in [4.69, 9.17) is 5.11 Å². The lowest BCUT2D eigenvalue weighted by atomic mass is 9.71. The molecule has 126 valence electrons. The van der Waals surface area contributed by atoms with Crippen LogP contribution in [0.25, 0.3) is 0 Å². The van der Waals surface area contributed by atoms with E-state index in [1.165, 1.54) is 17.5 Å². The molecule has 2 rings (SSSR count). The average molecular weight is 316 g/mol. The molecule has 0 saturated heterocycles. The van der Waals surface area contributed by atoms with Gasteiger partial charge >= 0.3 is 5.97 Å². The average Bonchev–Trinajstić information content (AvgIpc) is 2.54. The lowest BCUT2D eigenvalue weighted by Gasteiger charge is -2.34. The Morgan fingerprint density at radius 1 is 1.35 bits per heavy atom. The minimum Gasteiger partial charge on any atom is -0.478 e. The highest BCUT2D eigenvalue weighted by molar-refractivity contribution is 5.88. The van der Waals surface area contributed by atoms with Gasteiger partial charge in [0.1, 0.15) is 0 Å². The maximum Gasteiger partial charge on any atom is 0.335 e. The lowest BCUT2D eigenvalue weighted by Crippen LogP contribution is -2.19. The number of carboxylic acid groups (broad SMARTS) is 1. The number of hydrogen-bond donors (Lipinski definition) is 2. The summed E-state index contributed by atoms with van der Waals surface area (Å²) < 4.78 is 0. The first-order valence-electron chi connectivity index (χ1n) is 8.57. The smallest absolute Gasteiger partial charge is 0.335 e. The molecule has 0 unspecified atom stereocenters. The van der Waals surface area contributed by atoms with Gasteiger partial charge in [-0.2, -0.15) is 0 Å². The second-order valence-electron chi connectivity index (χ2n) is 7.00. The second kappa shape index (κ2) is 7.78. The van der Waals surface area contributed by atoms with Crippen LogP contribution in [0.2, 0.25) is 0 Å². The summed E-state index contributed by atoms with van der Waals surface area (Å²) in [6.45, 7) is 6.56. The molecular weight excluding hydrogens is 288 g/mol. The Bertz CT molecular complexity index is 589. The highest BCUT2D eigenvalue weighted by atomic mass is 16.4. The van der Waals surface area contributed by atoms with Crippen LogP contribution in [0.4, 0.5) is 0 Å². The van der Waals surface area contributed by atoms with Gasteiger partial charge in [0, 0.05) is 0 Å². The third-order valence-electron chi connectivity index (χ3n) is 5.23. The maximum atomic E-state index is 11.3. The van der Waals surface area contributed by atoms with E-state index in [0.717, 1.165) is 24.8 Å². The molecule has 0 aliphatic heterocycles. The van der Waals surface area contributed by atoms with Crippen molar-refractivity contribution in [2.75, 3.05) is 6.61 Å². The molecule has 1 aromatic carbocycles. The third-order valence-corrected chi connectivity index (χ3v) is 5.23. The van der Waals surface area contributed by atoms with E-state index >= 15 is 0 Å². The SMILES string of the molecule is C/C(=C/CC[C@H](C)[C@@H]1CC[C@@H](C)c2ccc(C(=O)O)cc21)CO. The summed E-state index contributed by atoms with van der Waals surface area (Å²) >= 11 is 0. The zero-order valence-electron chi connectivity index (χ0n) is 14.4. The standard InChI is InChI=1S/C20H28O3/c1-13(12-21)5-4-6-14(2)17-9-7-15(3)18-10-8-16(20(22)23)11-19(17)18/h5,8,10-11,14-15,17,21H,4,6-7,9,12H2,1-3H3,(H,22,23)/b13-5-/t14-,15+,17-/m0/s1. The summed E-state index contributed by atoms with van der Waals surface area (Å²) in [5.74, 6) is 0.600. The molecule has 1 aliphatic carbocycles. The molecule has 1 aromatic rings. The van der Waals surface area contributed by atoms with Crippen LogP contribution in [0.5, 0.6) is 0 Å². The number of carboxylic acids is 1. The zero-order valence-corrected chi connectivity index (χ0v) is 14.4. The highest BCUT2D eigenvalue weighted by Gasteiger charge is 2.29. The van der Waals surface area contributed by atoms with Crippen LogP contribution in [0.15, 0.2) is 29.8 Å². The number of allylic oxidation sites excluding steroid dienone is 1. The van der Waals surface area contributed by atoms with Crippen molar-refractivity contribution in [2.45, 2.75) is 58.3 Å². The molecule has 0 bridgehead atoms. The van der Waals surface area contributed by atoms with Gasteiger partial charge in [0.15, 0.2) is 0 Å². The van der Waals surface area contributed by atoms with Gasteiger partial charge in [-0.05, 0) is 73.6 Å².